The van der Waals surface area contributed by atoms with Gasteiger partial charge >= 0.3 is 17.9 Å². The Morgan fingerprint density at radius 3 is 1.08 bits per heavy atom. The quantitative estimate of drug-likeness (QED) is 0.0551. The van der Waals surface area contributed by atoms with Gasteiger partial charge in [0.15, 0.2) is 0 Å². The van der Waals surface area contributed by atoms with E-state index in [0.717, 1.165) is 86.1 Å². The first-order chi connectivity index (χ1) is 38.4. The van der Waals surface area contributed by atoms with E-state index in [9.17, 15) is 29.7 Å². The Kier molecular flexibility index (Phi) is 17.0. The molecule has 0 unspecified atom stereocenters. The molecule has 1 aliphatic carbocycles. The third-order valence-corrected chi connectivity index (χ3v) is 15.9. The number of benzene rings is 5. The molecule has 0 radical (unpaired) electrons. The largest absolute Gasteiger partial charge is 0.477 e. The first kappa shape index (κ1) is 53.6. The summed E-state index contributed by atoms with van der Waals surface area (Å²) in [6.07, 6.45) is 22.0. The number of carbonyl (C=O) groups is 3. The second-order valence-electron chi connectivity index (χ2n) is 17.8. The number of carboxylic acids is 3. The van der Waals surface area contributed by atoms with E-state index in [0.29, 0.717) is 17.5 Å². The molecule has 0 fully saturated rings. The first-order valence-electron chi connectivity index (χ1n) is 24.5. The van der Waals surface area contributed by atoms with Crippen molar-refractivity contribution < 1.29 is 29.7 Å². The first-order valence-corrected chi connectivity index (χ1v) is 27.0. The number of anilines is 3. The Morgan fingerprint density at radius 2 is 0.734 bits per heavy atom. The van der Waals surface area contributed by atoms with E-state index in [1.165, 1.54) is 23.8 Å². The van der Waals surface area contributed by atoms with Gasteiger partial charge in [-0.15, -0.1) is 34.0 Å². The maximum Gasteiger partial charge on any atom is 0.346 e. The van der Waals surface area contributed by atoms with E-state index in [1.807, 2.05) is 36.4 Å². The molecule has 3 aromatic heterocycles. The van der Waals surface area contributed by atoms with Crippen molar-refractivity contribution >= 4 is 123 Å². The minimum atomic E-state index is -1.26. The summed E-state index contributed by atoms with van der Waals surface area (Å²) in [5.41, 5.74) is 10.3. The molecule has 1 aliphatic rings. The van der Waals surface area contributed by atoms with Crippen LogP contribution in [0, 0.1) is 34.0 Å². The molecule has 79 heavy (non-hydrogen) atoms. The van der Waals surface area contributed by atoms with E-state index >= 15 is 0 Å². The lowest BCUT2D eigenvalue weighted by atomic mass is 9.96. The van der Waals surface area contributed by atoms with Gasteiger partial charge < -0.3 is 20.2 Å². The van der Waals surface area contributed by atoms with Gasteiger partial charge in [0, 0.05) is 46.3 Å². The van der Waals surface area contributed by atoms with Crippen LogP contribution in [0.2, 0.25) is 0 Å². The summed E-state index contributed by atoms with van der Waals surface area (Å²) in [4.78, 5) is 42.6. The maximum absolute atomic E-state index is 11.3. The molecule has 0 saturated heterocycles. The summed E-state index contributed by atoms with van der Waals surface area (Å²) in [5.74, 6) is -3.74. The van der Waals surface area contributed by atoms with Gasteiger partial charge in [-0.2, -0.15) is 15.8 Å². The van der Waals surface area contributed by atoms with Crippen molar-refractivity contribution in [1.82, 2.24) is 0 Å². The Bertz CT molecular complexity index is 3810. The molecule has 0 atom stereocenters. The zero-order chi connectivity index (χ0) is 55.3. The van der Waals surface area contributed by atoms with Crippen LogP contribution in [0.15, 0.2) is 198 Å². The number of nitrogens with zero attached hydrogens (tertiary/aromatic N) is 4. The molecule has 0 spiro atoms. The number of hydrogen-bond acceptors (Lipinski definition) is 10. The molecular formula is C66H44N4O6S3. The summed E-state index contributed by atoms with van der Waals surface area (Å²) < 4.78 is 0. The molecule has 8 aromatic rings. The van der Waals surface area contributed by atoms with Crippen molar-refractivity contribution in [3.8, 4) is 39.1 Å². The van der Waals surface area contributed by atoms with Crippen molar-refractivity contribution in [2.45, 2.75) is 12.8 Å². The average Bonchev–Trinajstić information content (AvgIpc) is 4.30. The van der Waals surface area contributed by atoms with Crippen molar-refractivity contribution in [2.24, 2.45) is 0 Å². The highest BCUT2D eigenvalue weighted by Crippen LogP contribution is 2.38. The minimum absolute atomic E-state index is 0.269. The van der Waals surface area contributed by atoms with Gasteiger partial charge in [-0.3, -0.25) is 0 Å². The van der Waals surface area contributed by atoms with Crippen LogP contribution in [0.5, 0.6) is 0 Å². The number of aliphatic carboxylic acids is 3. The van der Waals surface area contributed by atoms with Crippen LogP contribution in [0.1, 0.15) is 60.2 Å². The topological polar surface area (TPSA) is 187 Å². The fraction of sp³-hybridized carbons (Fsp3) is 0.0303. The standard InChI is InChI=1S/C66H44N4O6S3/c67-40-52(64(71)72)37-46-1-16-49(17-2-46)61-34-31-58(77-61)28-13-43-7-22-55(23-8-43)70(56-24-9-44(10-25-56)14-29-59-32-35-62(78-59)50-18-3-47(4-19-50)38-53(41-68)65(73)74)57-26-11-45(12-27-57)15-30-60-33-36-63(79-60)51-20-5-48(6-21-51)39-54(42-69)66(75)76/h1-5,7-20,22-39H,6,21H2,(H,71,72)(H,73,74)(H,75,76)/b28-13+,29-14+,30-15+,52-37-,53-38-,54-39-. The lowest BCUT2D eigenvalue weighted by molar-refractivity contribution is -0.133. The molecule has 3 heterocycles. The SMILES string of the molecule is N#C/C(=C/C1=CC=C(c2ccc(/C=C/c3ccc(N(c4ccc(/C=C/c5ccc(-c6ccc(/C=C(/C#N)C(=O)O)cc6)s5)cc4)c4ccc(/C=C/c5ccc(-c6ccc(/C=C(/C#N)C(=O)O)cc6)s5)cc4)cc3)s2)CC1)C(=O)O. The Hall–Kier alpha value is -10.2. The van der Waals surface area contributed by atoms with Gasteiger partial charge in [0.05, 0.1) is 0 Å². The van der Waals surface area contributed by atoms with Crippen LogP contribution in [0.3, 0.4) is 0 Å². The maximum atomic E-state index is 11.3. The minimum Gasteiger partial charge on any atom is -0.477 e. The summed E-state index contributed by atoms with van der Waals surface area (Å²) in [7, 11) is 0. The highest BCUT2D eigenvalue weighted by molar-refractivity contribution is 7.16. The van der Waals surface area contributed by atoms with Crippen LogP contribution in [0.4, 0.5) is 17.1 Å². The van der Waals surface area contributed by atoms with Gasteiger partial charge in [-0.05, 0) is 172 Å². The number of carboxylic acid groups (broad SMARTS) is 3. The number of thiophene rings is 3. The van der Waals surface area contributed by atoms with Gasteiger partial charge in [0.25, 0.3) is 0 Å². The molecule has 9 rings (SSSR count). The third kappa shape index (κ3) is 13.8. The normalized spacial score (nSPS) is 12.9. The zero-order valence-electron chi connectivity index (χ0n) is 41.9. The molecule has 0 aliphatic heterocycles. The summed E-state index contributed by atoms with van der Waals surface area (Å²) in [6.45, 7) is 0. The van der Waals surface area contributed by atoms with E-state index in [-0.39, 0.29) is 16.7 Å². The zero-order valence-corrected chi connectivity index (χ0v) is 44.3. The number of hydrogen-bond donors (Lipinski definition) is 3. The fourth-order valence-corrected chi connectivity index (χ4v) is 11.2. The van der Waals surface area contributed by atoms with E-state index in [1.54, 1.807) is 76.5 Å². The second-order valence-corrected chi connectivity index (χ2v) is 21.2. The van der Waals surface area contributed by atoms with E-state index < -0.39 is 17.9 Å². The van der Waals surface area contributed by atoms with Gasteiger partial charge in [0.1, 0.15) is 34.9 Å². The molecule has 0 amide bonds. The third-order valence-electron chi connectivity index (χ3n) is 12.5. The molecule has 0 bridgehead atoms. The molecule has 5 aromatic carbocycles. The molecule has 10 nitrogen and oxygen atoms in total. The molecular weight excluding hydrogens is 1040 g/mol. The molecule has 382 valence electrons. The number of nitriles is 3. The van der Waals surface area contributed by atoms with Crippen molar-refractivity contribution in [3.05, 3.63) is 246 Å². The average molecular weight is 1090 g/mol. The number of rotatable bonds is 18. The van der Waals surface area contributed by atoms with Crippen LogP contribution in [-0.2, 0) is 14.4 Å². The predicted octanol–water partition coefficient (Wildman–Crippen LogP) is 16.8. The van der Waals surface area contributed by atoms with Crippen LogP contribution >= 0.6 is 34.0 Å². The van der Waals surface area contributed by atoms with Gasteiger partial charge in [-0.1, -0.05) is 115 Å². The summed E-state index contributed by atoms with van der Waals surface area (Å²) in [5, 5.41) is 55.1. The van der Waals surface area contributed by atoms with Crippen molar-refractivity contribution in [3.63, 3.8) is 0 Å². The van der Waals surface area contributed by atoms with E-state index in [2.05, 4.69) is 151 Å². The lowest BCUT2D eigenvalue weighted by Crippen LogP contribution is -2.09. The monoisotopic (exact) mass is 1080 g/mol. The van der Waals surface area contributed by atoms with Crippen molar-refractivity contribution in [2.75, 3.05) is 4.90 Å². The molecule has 0 saturated carbocycles. The predicted molar refractivity (Wildman–Crippen MR) is 321 cm³/mol. The highest BCUT2D eigenvalue weighted by Gasteiger charge is 2.15. The second kappa shape index (κ2) is 25.1. The molecule has 3 N–H and O–H groups in total. The summed E-state index contributed by atoms with van der Waals surface area (Å²) in [6, 6.07) is 57.8. The Morgan fingerprint density at radius 1 is 0.392 bits per heavy atom. The summed E-state index contributed by atoms with van der Waals surface area (Å²) >= 11 is 4.97. The highest BCUT2D eigenvalue weighted by atomic mass is 32.1. The Labute approximate surface area is 468 Å². The van der Waals surface area contributed by atoms with Crippen LogP contribution in [0.25, 0.3) is 75.1 Å². The van der Waals surface area contributed by atoms with Crippen LogP contribution in [-0.4, -0.2) is 33.2 Å². The van der Waals surface area contributed by atoms with E-state index in [4.69, 9.17) is 15.8 Å². The smallest absolute Gasteiger partial charge is 0.346 e. The van der Waals surface area contributed by atoms with Gasteiger partial charge in [0.2, 0.25) is 0 Å². The van der Waals surface area contributed by atoms with Crippen molar-refractivity contribution in [1.29, 1.82) is 15.8 Å². The Balaban J connectivity index is 0.919. The lowest BCUT2D eigenvalue weighted by Gasteiger charge is -2.26. The number of allylic oxidation sites excluding steroid dienone is 5. The fourth-order valence-electron chi connectivity index (χ4n) is 8.41. The van der Waals surface area contributed by atoms with Gasteiger partial charge in [-0.25, -0.2) is 14.4 Å². The van der Waals surface area contributed by atoms with Crippen LogP contribution < -0.4 is 4.90 Å². The molecule has 13 heteroatoms.